The molecule has 0 aromatic heterocycles. The Kier molecular flexibility index (Phi) is 6.72. The number of nitrogens with zero attached hydrogens (tertiary/aromatic N) is 2. The van der Waals surface area contributed by atoms with Crippen LogP contribution >= 0.6 is 0 Å². The predicted octanol–water partition coefficient (Wildman–Crippen LogP) is 2.72. The van der Waals surface area contributed by atoms with Crippen molar-refractivity contribution in [1.82, 2.24) is 13.9 Å². The number of carbonyl (C=O) groups is 1. The molecule has 1 fully saturated rings. The van der Waals surface area contributed by atoms with Gasteiger partial charge in [0.25, 0.3) is 10.2 Å². The summed E-state index contributed by atoms with van der Waals surface area (Å²) >= 11 is 0. The zero-order valence-electron chi connectivity index (χ0n) is 17.2. The normalized spacial score (nSPS) is 19.1. The second kappa shape index (κ2) is 9.07. The van der Waals surface area contributed by atoms with E-state index < -0.39 is 10.2 Å². The number of amides is 1. The maximum atomic E-state index is 13.2. The molecule has 29 heavy (non-hydrogen) atoms. The van der Waals surface area contributed by atoms with Crippen molar-refractivity contribution in [3.05, 3.63) is 71.3 Å². The van der Waals surface area contributed by atoms with Gasteiger partial charge in [-0.25, -0.2) is 0 Å². The fourth-order valence-corrected chi connectivity index (χ4v) is 4.94. The molecule has 0 bridgehead atoms. The van der Waals surface area contributed by atoms with Gasteiger partial charge in [0.2, 0.25) is 5.91 Å². The van der Waals surface area contributed by atoms with Gasteiger partial charge in [0.05, 0.1) is 12.0 Å². The molecule has 1 aliphatic rings. The molecular weight excluding hydrogens is 386 g/mol. The molecule has 3 rings (SSSR count). The summed E-state index contributed by atoms with van der Waals surface area (Å²) in [7, 11) is -0.486. The molecule has 2 atom stereocenters. The Morgan fingerprint density at radius 2 is 1.76 bits per heavy atom. The van der Waals surface area contributed by atoms with Crippen LogP contribution in [0, 0.1) is 12.8 Å². The van der Waals surface area contributed by atoms with Crippen molar-refractivity contribution in [2.24, 2.45) is 5.92 Å². The molecule has 7 heteroatoms. The van der Waals surface area contributed by atoms with Gasteiger partial charge in [-0.15, -0.1) is 0 Å². The molecule has 1 aliphatic heterocycles. The average Bonchev–Trinajstić information content (AvgIpc) is 2.73. The first-order valence-corrected chi connectivity index (χ1v) is 11.3. The second-order valence-corrected chi connectivity index (χ2v) is 9.84. The van der Waals surface area contributed by atoms with Gasteiger partial charge in [-0.1, -0.05) is 54.6 Å². The van der Waals surface area contributed by atoms with E-state index in [2.05, 4.69) is 5.32 Å². The summed E-state index contributed by atoms with van der Waals surface area (Å²) in [6.07, 6.45) is 1.35. The number of nitrogens with one attached hydrogen (secondary N) is 1. The standard InChI is InChI=1S/C22H29N3O3S/c1-17-10-7-8-14-20(17)21(18-11-5-4-6-12-18)23-22(26)19-13-9-15-25(16-19)29(27,28)24(2)3/h4-8,10-12,14,19,21H,9,13,15-16H2,1-3H3,(H,23,26)/t19-,21+/m0/s1. The number of aryl methyl sites for hydroxylation is 1. The lowest BCUT2D eigenvalue weighted by atomic mass is 9.93. The van der Waals surface area contributed by atoms with E-state index in [0.29, 0.717) is 19.4 Å². The maximum absolute atomic E-state index is 13.2. The highest BCUT2D eigenvalue weighted by Gasteiger charge is 2.34. The summed E-state index contributed by atoms with van der Waals surface area (Å²) in [5.41, 5.74) is 3.14. The van der Waals surface area contributed by atoms with Crippen LogP contribution in [0.1, 0.15) is 35.6 Å². The van der Waals surface area contributed by atoms with Crippen molar-refractivity contribution < 1.29 is 13.2 Å². The number of hydrogen-bond donors (Lipinski definition) is 1. The van der Waals surface area contributed by atoms with Gasteiger partial charge >= 0.3 is 0 Å². The third-order valence-corrected chi connectivity index (χ3v) is 7.37. The predicted molar refractivity (Wildman–Crippen MR) is 115 cm³/mol. The minimum absolute atomic E-state index is 0.110. The van der Waals surface area contributed by atoms with Crippen molar-refractivity contribution in [2.75, 3.05) is 27.2 Å². The van der Waals surface area contributed by atoms with Gasteiger partial charge in [0, 0.05) is 27.2 Å². The molecule has 1 heterocycles. The first-order chi connectivity index (χ1) is 13.8. The quantitative estimate of drug-likeness (QED) is 0.789. The molecular formula is C22H29N3O3S. The SMILES string of the molecule is Cc1ccccc1[C@H](NC(=O)[C@H]1CCCN(S(=O)(=O)N(C)C)C1)c1ccccc1. The summed E-state index contributed by atoms with van der Waals surface area (Å²) in [6.45, 7) is 2.69. The van der Waals surface area contributed by atoms with Gasteiger partial charge in [0.1, 0.15) is 0 Å². The third kappa shape index (κ3) is 4.86. The Hall–Kier alpha value is -2.22. The molecule has 1 N–H and O–H groups in total. The van der Waals surface area contributed by atoms with Crippen molar-refractivity contribution in [3.8, 4) is 0 Å². The van der Waals surface area contributed by atoms with Gasteiger partial charge in [-0.05, 0) is 36.5 Å². The fourth-order valence-electron chi connectivity index (χ4n) is 3.75. The highest BCUT2D eigenvalue weighted by atomic mass is 32.2. The maximum Gasteiger partial charge on any atom is 0.281 e. The van der Waals surface area contributed by atoms with E-state index in [1.807, 2.05) is 61.5 Å². The molecule has 0 saturated carbocycles. The molecule has 0 spiro atoms. The van der Waals surface area contributed by atoms with E-state index in [9.17, 15) is 13.2 Å². The number of rotatable bonds is 6. The molecule has 156 valence electrons. The first kappa shape index (κ1) is 21.5. The van der Waals surface area contributed by atoms with Crippen LogP contribution in [0.15, 0.2) is 54.6 Å². The molecule has 2 aromatic carbocycles. The van der Waals surface area contributed by atoms with Crippen LogP contribution in [0.3, 0.4) is 0 Å². The molecule has 0 unspecified atom stereocenters. The number of hydrogen-bond acceptors (Lipinski definition) is 3. The Morgan fingerprint density at radius 3 is 2.41 bits per heavy atom. The van der Waals surface area contributed by atoms with E-state index in [0.717, 1.165) is 16.7 Å². The van der Waals surface area contributed by atoms with Crippen LogP contribution < -0.4 is 5.32 Å². The van der Waals surface area contributed by atoms with Crippen LogP contribution in [0.5, 0.6) is 0 Å². The minimum atomic E-state index is -3.52. The van der Waals surface area contributed by atoms with E-state index in [1.54, 1.807) is 0 Å². The summed E-state index contributed by atoms with van der Waals surface area (Å²) in [5, 5.41) is 3.19. The summed E-state index contributed by atoms with van der Waals surface area (Å²) < 4.78 is 27.6. The van der Waals surface area contributed by atoms with E-state index >= 15 is 0 Å². The van der Waals surface area contributed by atoms with Crippen LogP contribution in [0.2, 0.25) is 0 Å². The Morgan fingerprint density at radius 1 is 1.10 bits per heavy atom. The summed E-state index contributed by atoms with van der Waals surface area (Å²) in [6, 6.07) is 17.6. The largest absolute Gasteiger partial charge is 0.345 e. The number of piperidine rings is 1. The van der Waals surface area contributed by atoms with Crippen molar-refractivity contribution in [1.29, 1.82) is 0 Å². The third-order valence-electron chi connectivity index (χ3n) is 5.46. The van der Waals surface area contributed by atoms with Gasteiger partial charge in [-0.2, -0.15) is 17.0 Å². The zero-order chi connectivity index (χ0) is 21.0. The molecule has 1 amide bonds. The monoisotopic (exact) mass is 415 g/mol. The fraction of sp³-hybridized carbons (Fsp3) is 0.409. The first-order valence-electron chi connectivity index (χ1n) is 9.89. The van der Waals surface area contributed by atoms with Crippen LogP contribution in [-0.2, 0) is 15.0 Å². The van der Waals surface area contributed by atoms with Crippen molar-refractivity contribution >= 4 is 16.1 Å². The van der Waals surface area contributed by atoms with Gasteiger partial charge in [0.15, 0.2) is 0 Å². The van der Waals surface area contributed by atoms with Crippen molar-refractivity contribution in [3.63, 3.8) is 0 Å². The highest BCUT2D eigenvalue weighted by molar-refractivity contribution is 7.86. The highest BCUT2D eigenvalue weighted by Crippen LogP contribution is 2.27. The van der Waals surface area contributed by atoms with Gasteiger partial charge in [-0.3, -0.25) is 4.79 Å². The second-order valence-electron chi connectivity index (χ2n) is 7.70. The smallest absolute Gasteiger partial charge is 0.281 e. The molecule has 0 radical (unpaired) electrons. The minimum Gasteiger partial charge on any atom is -0.345 e. The molecule has 6 nitrogen and oxygen atoms in total. The van der Waals surface area contributed by atoms with Crippen LogP contribution in [0.4, 0.5) is 0 Å². The van der Waals surface area contributed by atoms with E-state index in [4.69, 9.17) is 0 Å². The molecule has 2 aromatic rings. The van der Waals surface area contributed by atoms with Crippen LogP contribution in [0.25, 0.3) is 0 Å². The lowest BCUT2D eigenvalue weighted by Gasteiger charge is -2.33. The zero-order valence-corrected chi connectivity index (χ0v) is 18.0. The molecule has 1 saturated heterocycles. The lowest BCUT2D eigenvalue weighted by molar-refractivity contribution is -0.126. The van der Waals surface area contributed by atoms with E-state index in [1.165, 1.54) is 22.7 Å². The van der Waals surface area contributed by atoms with Crippen molar-refractivity contribution in [2.45, 2.75) is 25.8 Å². The Bertz CT molecular complexity index is 945. The number of carbonyl (C=O) groups excluding carboxylic acids is 1. The Balaban J connectivity index is 1.83. The lowest BCUT2D eigenvalue weighted by Crippen LogP contribution is -2.49. The molecule has 0 aliphatic carbocycles. The van der Waals surface area contributed by atoms with Crippen LogP contribution in [-0.4, -0.2) is 50.1 Å². The average molecular weight is 416 g/mol. The summed E-state index contributed by atoms with van der Waals surface area (Å²) in [5.74, 6) is -0.477. The summed E-state index contributed by atoms with van der Waals surface area (Å²) in [4.78, 5) is 13.2. The van der Waals surface area contributed by atoms with Gasteiger partial charge < -0.3 is 5.32 Å². The number of benzene rings is 2. The Labute approximate surface area is 173 Å². The topological polar surface area (TPSA) is 69.7 Å². The van der Waals surface area contributed by atoms with E-state index in [-0.39, 0.29) is 24.4 Å².